The van der Waals surface area contributed by atoms with E-state index in [1.165, 1.54) is 43.3 Å². The van der Waals surface area contributed by atoms with Crippen molar-refractivity contribution >= 4 is 5.52 Å². The number of aromatic nitrogens is 4. The largest absolute Gasteiger partial charge is 0.480 e. The summed E-state index contributed by atoms with van der Waals surface area (Å²) < 4.78 is 24.9. The number of rotatable bonds is 3. The van der Waals surface area contributed by atoms with Gasteiger partial charge in [0.15, 0.2) is 5.82 Å². The number of H-pyrrole nitrogens is 1. The van der Waals surface area contributed by atoms with Crippen molar-refractivity contribution in [3.8, 4) is 23.1 Å². The Kier molecular flexibility index (Phi) is 3.05. The van der Waals surface area contributed by atoms with Crippen LogP contribution in [0.3, 0.4) is 0 Å². The minimum Gasteiger partial charge on any atom is -0.480 e. The molecule has 8 heteroatoms. The summed E-state index contributed by atoms with van der Waals surface area (Å²) in [6, 6.07) is 2.62. The van der Waals surface area contributed by atoms with E-state index in [1.807, 2.05) is 0 Å². The lowest BCUT2D eigenvalue weighted by molar-refractivity contribution is 0.353. The van der Waals surface area contributed by atoms with Gasteiger partial charge >= 0.3 is 6.01 Å². The topological polar surface area (TPSA) is 81.5 Å². The number of nitrogens with zero attached hydrogens (tertiary/aromatic N) is 3. The lowest BCUT2D eigenvalue weighted by Gasteiger charge is -2.09. The van der Waals surface area contributed by atoms with Crippen LogP contribution in [-0.4, -0.2) is 33.8 Å². The van der Waals surface area contributed by atoms with Crippen molar-refractivity contribution in [2.75, 3.05) is 14.2 Å². The van der Waals surface area contributed by atoms with Gasteiger partial charge in [-0.25, -0.2) is 9.37 Å². The molecular weight excluding hydrogens is 279 g/mol. The van der Waals surface area contributed by atoms with Crippen LogP contribution >= 0.6 is 0 Å². The third-order valence-electron chi connectivity index (χ3n) is 2.98. The Hall–Kier alpha value is -2.90. The van der Waals surface area contributed by atoms with Crippen molar-refractivity contribution < 1.29 is 13.9 Å². The smallest absolute Gasteiger partial charge is 0.319 e. The van der Waals surface area contributed by atoms with E-state index in [0.717, 1.165) is 0 Å². The number of fused-ring (bicyclic) bond motifs is 1. The first kappa shape index (κ1) is 13.1. The molecule has 0 spiro atoms. The molecule has 0 atom stereocenters. The van der Waals surface area contributed by atoms with Crippen molar-refractivity contribution in [2.45, 2.75) is 0 Å². The Bertz CT molecular complexity index is 871. The second-order valence-corrected chi connectivity index (χ2v) is 4.20. The van der Waals surface area contributed by atoms with Crippen LogP contribution < -0.4 is 14.9 Å². The van der Waals surface area contributed by atoms with Crippen LogP contribution in [0.25, 0.3) is 16.8 Å². The van der Waals surface area contributed by atoms with Crippen LogP contribution in [0.2, 0.25) is 0 Å². The Morgan fingerprint density at radius 1 is 1.33 bits per heavy atom. The lowest BCUT2D eigenvalue weighted by atomic mass is 10.2. The van der Waals surface area contributed by atoms with Crippen LogP contribution in [0.5, 0.6) is 11.9 Å². The summed E-state index contributed by atoms with van der Waals surface area (Å²) in [5.74, 6) is -0.342. The molecule has 0 aliphatic rings. The molecule has 0 unspecified atom stereocenters. The average molecular weight is 290 g/mol. The van der Waals surface area contributed by atoms with Gasteiger partial charge in [0.1, 0.15) is 5.52 Å². The van der Waals surface area contributed by atoms with Crippen LogP contribution in [0, 0.1) is 5.82 Å². The first-order chi connectivity index (χ1) is 10.1. The highest BCUT2D eigenvalue weighted by Crippen LogP contribution is 2.26. The van der Waals surface area contributed by atoms with E-state index in [-0.39, 0.29) is 17.4 Å². The zero-order chi connectivity index (χ0) is 15.0. The summed E-state index contributed by atoms with van der Waals surface area (Å²) in [4.78, 5) is 20.0. The number of hydrogen-bond donors (Lipinski definition) is 1. The highest BCUT2D eigenvalue weighted by Gasteiger charge is 2.14. The molecule has 21 heavy (non-hydrogen) atoms. The molecule has 3 heterocycles. The molecule has 0 saturated carbocycles. The molecule has 0 radical (unpaired) electrons. The molecule has 0 aliphatic carbocycles. The van der Waals surface area contributed by atoms with E-state index in [9.17, 15) is 9.18 Å². The Morgan fingerprint density at radius 3 is 2.86 bits per heavy atom. The number of methoxy groups -OCH3 is 2. The molecule has 3 aromatic rings. The van der Waals surface area contributed by atoms with Crippen molar-refractivity contribution in [1.82, 2.24) is 19.6 Å². The molecule has 0 amide bonds. The molecule has 0 aromatic carbocycles. The summed E-state index contributed by atoms with van der Waals surface area (Å²) in [6.07, 6.45) is 2.88. The third kappa shape index (κ3) is 2.10. The fraction of sp³-hybridized carbons (Fsp3) is 0.154. The van der Waals surface area contributed by atoms with Crippen LogP contribution in [0.15, 0.2) is 29.3 Å². The van der Waals surface area contributed by atoms with Gasteiger partial charge in [-0.1, -0.05) is 0 Å². The first-order valence-electron chi connectivity index (χ1n) is 5.99. The SMILES string of the molecule is COc1ncc(-c2cc(=O)c3c(F)ccn3[nH]2)c(OC)n1. The average Bonchev–Trinajstić information content (AvgIpc) is 2.88. The number of halogens is 1. The van der Waals surface area contributed by atoms with Crippen molar-refractivity contribution in [1.29, 1.82) is 0 Å². The van der Waals surface area contributed by atoms with Crippen LogP contribution in [-0.2, 0) is 0 Å². The van der Waals surface area contributed by atoms with Gasteiger partial charge in [0.25, 0.3) is 0 Å². The zero-order valence-electron chi connectivity index (χ0n) is 11.3. The van der Waals surface area contributed by atoms with E-state index < -0.39 is 11.2 Å². The minimum atomic E-state index is -0.583. The van der Waals surface area contributed by atoms with Gasteiger partial charge in [-0.3, -0.25) is 14.4 Å². The molecule has 1 N–H and O–H groups in total. The molecule has 108 valence electrons. The predicted octanol–water partition coefficient (Wildman–Crippen LogP) is 1.24. The second-order valence-electron chi connectivity index (χ2n) is 4.20. The van der Waals surface area contributed by atoms with Gasteiger partial charge in [-0.05, 0) is 6.07 Å². The normalized spacial score (nSPS) is 10.8. The van der Waals surface area contributed by atoms with Gasteiger partial charge in [0.05, 0.1) is 25.5 Å². The molecule has 0 bridgehead atoms. The highest BCUT2D eigenvalue weighted by atomic mass is 19.1. The lowest BCUT2D eigenvalue weighted by Crippen LogP contribution is -2.09. The summed E-state index contributed by atoms with van der Waals surface area (Å²) in [7, 11) is 2.88. The fourth-order valence-electron chi connectivity index (χ4n) is 2.03. The maximum Gasteiger partial charge on any atom is 0.319 e. The molecule has 0 fully saturated rings. The van der Waals surface area contributed by atoms with Crippen LogP contribution in [0.4, 0.5) is 4.39 Å². The number of hydrogen-bond acceptors (Lipinski definition) is 5. The molecular formula is C13H11FN4O3. The summed E-state index contributed by atoms with van der Waals surface area (Å²) in [6.45, 7) is 0. The van der Waals surface area contributed by atoms with E-state index in [1.54, 1.807) is 0 Å². The van der Waals surface area contributed by atoms with E-state index >= 15 is 0 Å². The van der Waals surface area contributed by atoms with Crippen molar-refractivity contribution in [2.24, 2.45) is 0 Å². The highest BCUT2D eigenvalue weighted by molar-refractivity contribution is 5.65. The minimum absolute atomic E-state index is 0.0489. The monoisotopic (exact) mass is 290 g/mol. The van der Waals surface area contributed by atoms with Gasteiger partial charge in [-0.2, -0.15) is 4.98 Å². The standard InChI is InChI=1S/C13H11FN4O3/c1-20-12-7(6-15-13(16-12)21-2)9-5-10(19)11-8(14)3-4-18(11)17-9/h3-6,17H,1-2H3. The zero-order valence-corrected chi connectivity index (χ0v) is 11.3. The Labute approximate surface area is 118 Å². The first-order valence-corrected chi connectivity index (χ1v) is 5.99. The molecule has 0 aliphatic heterocycles. The third-order valence-corrected chi connectivity index (χ3v) is 2.98. The second kappa shape index (κ2) is 4.89. The maximum atomic E-state index is 13.5. The Balaban J connectivity index is 2.23. The fourth-order valence-corrected chi connectivity index (χ4v) is 2.03. The van der Waals surface area contributed by atoms with E-state index in [0.29, 0.717) is 11.3 Å². The Morgan fingerprint density at radius 2 is 2.14 bits per heavy atom. The molecule has 3 aromatic heterocycles. The van der Waals surface area contributed by atoms with E-state index in [2.05, 4.69) is 15.1 Å². The maximum absolute atomic E-state index is 13.5. The summed E-state index contributed by atoms with van der Waals surface area (Å²) in [5.41, 5.74) is 0.366. The van der Waals surface area contributed by atoms with Gasteiger partial charge in [0, 0.05) is 18.5 Å². The number of ether oxygens (including phenoxy) is 2. The molecule has 3 rings (SSSR count). The van der Waals surface area contributed by atoms with Crippen molar-refractivity contribution in [3.05, 3.63) is 40.6 Å². The molecule has 0 saturated heterocycles. The quantitative estimate of drug-likeness (QED) is 0.785. The summed E-state index contributed by atoms with van der Waals surface area (Å²) in [5, 5.41) is 2.89. The van der Waals surface area contributed by atoms with Gasteiger partial charge in [-0.15, -0.1) is 0 Å². The summed E-state index contributed by atoms with van der Waals surface area (Å²) >= 11 is 0. The van der Waals surface area contributed by atoms with E-state index in [4.69, 9.17) is 9.47 Å². The van der Waals surface area contributed by atoms with Crippen LogP contribution in [0.1, 0.15) is 0 Å². The van der Waals surface area contributed by atoms with Crippen molar-refractivity contribution in [3.63, 3.8) is 0 Å². The molecule has 7 nitrogen and oxygen atoms in total. The van der Waals surface area contributed by atoms with Gasteiger partial charge < -0.3 is 9.47 Å². The number of aromatic amines is 1. The predicted molar refractivity (Wildman–Crippen MR) is 72.1 cm³/mol. The number of nitrogens with one attached hydrogen (secondary N) is 1. The van der Waals surface area contributed by atoms with Gasteiger partial charge in [0.2, 0.25) is 11.3 Å².